The van der Waals surface area contributed by atoms with Crippen LogP contribution in [0.1, 0.15) is 25.8 Å². The van der Waals surface area contributed by atoms with Crippen molar-refractivity contribution in [2.45, 2.75) is 33.0 Å². The number of aromatic nitrogens is 2. The Hall–Kier alpha value is -3.14. The highest BCUT2D eigenvalue weighted by Gasteiger charge is 2.32. The maximum absolute atomic E-state index is 12.4. The van der Waals surface area contributed by atoms with E-state index in [1.807, 2.05) is 0 Å². The fourth-order valence-corrected chi connectivity index (χ4v) is 2.41. The Labute approximate surface area is 176 Å². The van der Waals surface area contributed by atoms with Gasteiger partial charge in [-0.05, 0) is 42.3 Å². The molecule has 0 atom stereocenters. The molecule has 4 N–H and O–H groups in total. The first-order valence-corrected chi connectivity index (χ1v) is 9.22. The van der Waals surface area contributed by atoms with Crippen molar-refractivity contribution in [1.29, 1.82) is 5.41 Å². The number of alkyl halides is 3. The number of hydrogen-bond acceptors (Lipinski definition) is 6. The maximum atomic E-state index is 12.4. The van der Waals surface area contributed by atoms with E-state index in [1.165, 1.54) is 13.1 Å². The van der Waals surface area contributed by atoms with Gasteiger partial charge in [-0.2, -0.15) is 18.2 Å². The first kappa shape index (κ1) is 23.1. The quantitative estimate of drug-likeness (QED) is 0.342. The van der Waals surface area contributed by atoms with Crippen LogP contribution in [0, 0.1) is 5.41 Å². The monoisotopic (exact) mass is 440 g/mol. The molecule has 1 amide bonds. The smallest absolute Gasteiger partial charge is 0.364 e. The zero-order valence-electron chi connectivity index (χ0n) is 16.2. The molecule has 0 unspecified atom stereocenters. The highest BCUT2D eigenvalue weighted by Crippen LogP contribution is 2.22. The third-order valence-corrected chi connectivity index (χ3v) is 3.96. The average Bonchev–Trinajstić information content (AvgIpc) is 2.68. The third kappa shape index (κ3) is 7.03. The highest BCUT2D eigenvalue weighted by molar-refractivity contribution is 6.28. The van der Waals surface area contributed by atoms with E-state index in [9.17, 15) is 18.0 Å². The summed E-state index contributed by atoms with van der Waals surface area (Å²) in [7, 11) is 0. The van der Waals surface area contributed by atoms with Crippen LogP contribution in [0.2, 0.25) is 5.28 Å². The number of carbonyl (C=O) groups excluding carboxylic acids is 1. The van der Waals surface area contributed by atoms with E-state index in [1.54, 1.807) is 31.2 Å². The number of allylic oxidation sites excluding steroid dienone is 2. The van der Waals surface area contributed by atoms with Crippen molar-refractivity contribution in [1.82, 2.24) is 9.97 Å². The first-order valence-electron chi connectivity index (χ1n) is 8.84. The highest BCUT2D eigenvalue weighted by atomic mass is 35.5. The normalized spacial score (nSPS) is 11.7. The van der Waals surface area contributed by atoms with Crippen LogP contribution in [0.15, 0.2) is 42.2 Å². The minimum Gasteiger partial charge on any atom is -0.364 e. The molecule has 0 radical (unpaired) electrons. The van der Waals surface area contributed by atoms with Gasteiger partial charge in [0.25, 0.3) is 0 Å². The Balaban J connectivity index is 2.02. The predicted molar refractivity (Wildman–Crippen MR) is 111 cm³/mol. The fraction of sp³-hybridized carbons (Fsp3) is 0.263. The van der Waals surface area contributed by atoms with Crippen LogP contribution in [-0.2, 0) is 11.3 Å². The van der Waals surface area contributed by atoms with Crippen molar-refractivity contribution in [2.24, 2.45) is 0 Å². The molecule has 160 valence electrons. The molecule has 0 saturated carbocycles. The molecular formula is C19H20ClF3N6O. The van der Waals surface area contributed by atoms with Crippen molar-refractivity contribution < 1.29 is 18.0 Å². The van der Waals surface area contributed by atoms with Gasteiger partial charge >= 0.3 is 6.18 Å². The average molecular weight is 441 g/mol. The Bertz CT molecular complexity index is 944. The summed E-state index contributed by atoms with van der Waals surface area (Å²) in [6.07, 6.45) is -2.25. The second kappa shape index (κ2) is 10.1. The van der Waals surface area contributed by atoms with E-state index in [-0.39, 0.29) is 16.9 Å². The summed E-state index contributed by atoms with van der Waals surface area (Å²) < 4.78 is 37.3. The summed E-state index contributed by atoms with van der Waals surface area (Å²) in [6, 6.07) is 6.92. The van der Waals surface area contributed by atoms with Gasteiger partial charge in [0.05, 0.1) is 6.20 Å². The Kier molecular flexibility index (Phi) is 7.76. The molecule has 0 bridgehead atoms. The number of benzene rings is 1. The van der Waals surface area contributed by atoms with Crippen molar-refractivity contribution >= 4 is 40.4 Å². The Morgan fingerprint density at radius 1 is 1.23 bits per heavy atom. The summed E-state index contributed by atoms with van der Waals surface area (Å²) in [5.41, 5.74) is 0.589. The van der Waals surface area contributed by atoms with Gasteiger partial charge in [0.2, 0.25) is 11.2 Å². The largest absolute Gasteiger partial charge is 0.432 e. The van der Waals surface area contributed by atoms with Gasteiger partial charge in [0.15, 0.2) is 5.82 Å². The summed E-state index contributed by atoms with van der Waals surface area (Å²) in [5.74, 6) is 0.171. The van der Waals surface area contributed by atoms with E-state index >= 15 is 0 Å². The molecule has 1 heterocycles. The molecule has 0 fully saturated rings. The van der Waals surface area contributed by atoms with Crippen LogP contribution in [0.5, 0.6) is 0 Å². The number of rotatable bonds is 8. The van der Waals surface area contributed by atoms with E-state index in [0.717, 1.165) is 11.6 Å². The lowest BCUT2D eigenvalue weighted by Crippen LogP contribution is -2.20. The first-order chi connectivity index (χ1) is 14.1. The van der Waals surface area contributed by atoms with Crippen LogP contribution in [0.4, 0.5) is 30.4 Å². The molecule has 0 saturated heterocycles. The molecule has 0 aliphatic carbocycles. The molecule has 11 heteroatoms. The van der Waals surface area contributed by atoms with Gasteiger partial charge in [0.1, 0.15) is 11.4 Å². The van der Waals surface area contributed by atoms with Crippen LogP contribution >= 0.6 is 11.6 Å². The second-order valence-corrected chi connectivity index (χ2v) is 6.56. The molecule has 30 heavy (non-hydrogen) atoms. The minimum absolute atomic E-state index is 0.0261. The molecule has 1 aromatic carbocycles. The van der Waals surface area contributed by atoms with E-state index in [0.29, 0.717) is 30.2 Å². The molecule has 0 aliphatic heterocycles. The fourth-order valence-electron chi connectivity index (χ4n) is 2.28. The number of nitrogens with one attached hydrogen (secondary N) is 4. The lowest BCUT2D eigenvalue weighted by molar-refractivity contribution is -0.115. The number of hydrogen-bond donors (Lipinski definition) is 4. The number of carbonyl (C=O) groups is 1. The van der Waals surface area contributed by atoms with Crippen LogP contribution in [-0.4, -0.2) is 27.8 Å². The van der Waals surface area contributed by atoms with Gasteiger partial charge in [-0.3, -0.25) is 10.2 Å². The van der Waals surface area contributed by atoms with Gasteiger partial charge in [-0.15, -0.1) is 0 Å². The zero-order chi connectivity index (χ0) is 22.3. The summed E-state index contributed by atoms with van der Waals surface area (Å²) in [4.78, 5) is 19.6. The van der Waals surface area contributed by atoms with E-state index < -0.39 is 11.9 Å². The molecule has 2 rings (SSSR count). The number of halogens is 4. The van der Waals surface area contributed by atoms with Gasteiger partial charge in [-0.25, -0.2) is 4.98 Å². The number of anilines is 3. The second-order valence-electron chi connectivity index (χ2n) is 6.22. The van der Waals surface area contributed by atoms with Crippen molar-refractivity contribution in [3.05, 3.63) is 53.1 Å². The molecule has 0 aliphatic rings. The number of amides is 1. The number of nitrogens with zero attached hydrogens (tertiary/aromatic N) is 2. The van der Waals surface area contributed by atoms with Crippen molar-refractivity contribution in [2.75, 3.05) is 16.0 Å². The summed E-state index contributed by atoms with van der Waals surface area (Å²) in [5, 5.41) is 15.6. The third-order valence-electron chi connectivity index (χ3n) is 3.78. The van der Waals surface area contributed by atoms with Crippen molar-refractivity contribution in [3.8, 4) is 0 Å². The van der Waals surface area contributed by atoms with Gasteiger partial charge in [-0.1, -0.05) is 19.1 Å². The predicted octanol–water partition coefficient (Wildman–Crippen LogP) is 4.99. The van der Waals surface area contributed by atoms with Crippen LogP contribution in [0.3, 0.4) is 0 Å². The van der Waals surface area contributed by atoms with Crippen molar-refractivity contribution in [3.63, 3.8) is 0 Å². The van der Waals surface area contributed by atoms with E-state index in [2.05, 4.69) is 25.9 Å². The van der Waals surface area contributed by atoms with Crippen LogP contribution in [0.25, 0.3) is 0 Å². The standard InChI is InChI=1S/C19H20ClF3N6O/c1-3-16(30)28-14-10-26-18(20)29-17(14)25-9-12-4-6-13(7-5-12)27-11(2)8-15(24)19(21,22)23/h4-8,10,24,27H,3,9H2,1-2H3,(H,28,30)(H,25,26,29)/b11-8-,24-15?. The van der Waals surface area contributed by atoms with E-state index in [4.69, 9.17) is 17.0 Å². The topological polar surface area (TPSA) is 103 Å². The molecular weight excluding hydrogens is 421 g/mol. The van der Waals surface area contributed by atoms with Crippen LogP contribution < -0.4 is 16.0 Å². The Morgan fingerprint density at radius 3 is 2.50 bits per heavy atom. The van der Waals surface area contributed by atoms with Gasteiger partial charge < -0.3 is 16.0 Å². The summed E-state index contributed by atoms with van der Waals surface area (Å²) >= 11 is 5.83. The maximum Gasteiger partial charge on any atom is 0.432 e. The lowest BCUT2D eigenvalue weighted by Gasteiger charge is -2.12. The Morgan fingerprint density at radius 2 is 1.90 bits per heavy atom. The lowest BCUT2D eigenvalue weighted by atomic mass is 10.2. The minimum atomic E-state index is -4.68. The molecule has 2 aromatic rings. The zero-order valence-corrected chi connectivity index (χ0v) is 16.9. The molecule has 0 spiro atoms. The molecule has 1 aromatic heterocycles. The summed E-state index contributed by atoms with van der Waals surface area (Å²) in [6.45, 7) is 3.52. The van der Waals surface area contributed by atoms with Gasteiger partial charge in [0, 0.05) is 24.4 Å². The SMILES string of the molecule is CCC(=O)Nc1cnc(Cl)nc1NCc1ccc(N/C(C)=C\C(=N)C(F)(F)F)cc1. The molecule has 7 nitrogen and oxygen atoms in total.